The summed E-state index contributed by atoms with van der Waals surface area (Å²) >= 11 is 1.81. The molecule has 1 aliphatic carbocycles. The first-order chi connectivity index (χ1) is 8.28. The van der Waals surface area contributed by atoms with Crippen LogP contribution in [0.1, 0.15) is 62.5 Å². The van der Waals surface area contributed by atoms with Crippen molar-refractivity contribution in [3.8, 4) is 0 Å². The number of nitrogens with two attached hydrogens (primary N) is 1. The molecule has 0 amide bonds. The Balaban J connectivity index is 2.30. The lowest BCUT2D eigenvalue weighted by molar-refractivity contribution is 0.101. The van der Waals surface area contributed by atoms with E-state index in [0.717, 1.165) is 12.8 Å². The molecule has 0 aliphatic heterocycles. The van der Waals surface area contributed by atoms with Crippen LogP contribution in [-0.2, 0) is 12.0 Å². The zero-order chi connectivity index (χ0) is 13.6. The summed E-state index contributed by atoms with van der Waals surface area (Å²) in [6.45, 7) is 11.3. The lowest BCUT2D eigenvalue weighted by Gasteiger charge is -2.45. The molecular formula is C15H26N2S. The molecule has 1 aromatic rings. The van der Waals surface area contributed by atoms with Crippen molar-refractivity contribution >= 4 is 11.3 Å². The lowest BCUT2D eigenvalue weighted by atomic mass is 9.64. The Morgan fingerprint density at radius 1 is 1.39 bits per heavy atom. The van der Waals surface area contributed by atoms with Crippen LogP contribution in [0.4, 0.5) is 0 Å². The van der Waals surface area contributed by atoms with E-state index < -0.39 is 0 Å². The van der Waals surface area contributed by atoms with Gasteiger partial charge in [-0.2, -0.15) is 0 Å². The molecule has 102 valence electrons. The minimum Gasteiger partial charge on any atom is -0.319 e. The molecule has 2 nitrogen and oxygen atoms in total. The molecule has 1 fully saturated rings. The van der Waals surface area contributed by atoms with E-state index in [-0.39, 0.29) is 5.54 Å². The highest BCUT2D eigenvalue weighted by molar-refractivity contribution is 7.11. The van der Waals surface area contributed by atoms with E-state index >= 15 is 0 Å². The molecule has 18 heavy (non-hydrogen) atoms. The van der Waals surface area contributed by atoms with Gasteiger partial charge in [0.2, 0.25) is 0 Å². The summed E-state index contributed by atoms with van der Waals surface area (Å²) in [7, 11) is 0. The van der Waals surface area contributed by atoms with Crippen molar-refractivity contribution in [3.05, 3.63) is 15.6 Å². The third kappa shape index (κ3) is 2.35. The highest BCUT2D eigenvalue weighted by Gasteiger charge is 2.44. The van der Waals surface area contributed by atoms with Gasteiger partial charge in [-0.3, -0.25) is 0 Å². The van der Waals surface area contributed by atoms with E-state index in [1.165, 1.54) is 28.4 Å². The fourth-order valence-corrected chi connectivity index (χ4v) is 4.42. The van der Waals surface area contributed by atoms with Gasteiger partial charge in [-0.05, 0) is 43.9 Å². The van der Waals surface area contributed by atoms with Crippen molar-refractivity contribution in [1.82, 2.24) is 4.98 Å². The maximum atomic E-state index is 6.73. The topological polar surface area (TPSA) is 38.9 Å². The normalized spacial score (nSPS) is 31.6. The predicted octanol–water partition coefficient (Wildman–Crippen LogP) is 4.01. The summed E-state index contributed by atoms with van der Waals surface area (Å²) in [5.41, 5.74) is 8.20. The predicted molar refractivity (Wildman–Crippen MR) is 78.9 cm³/mol. The van der Waals surface area contributed by atoms with Crippen molar-refractivity contribution in [1.29, 1.82) is 0 Å². The molecule has 1 saturated carbocycles. The molecule has 1 aliphatic rings. The molecule has 2 rings (SSSR count). The van der Waals surface area contributed by atoms with Gasteiger partial charge in [0.1, 0.15) is 5.01 Å². The van der Waals surface area contributed by atoms with E-state index in [2.05, 4.69) is 34.6 Å². The second-order valence-electron chi connectivity index (χ2n) is 6.69. The molecule has 0 spiro atoms. The summed E-state index contributed by atoms with van der Waals surface area (Å²) in [5, 5.41) is 1.17. The van der Waals surface area contributed by atoms with Gasteiger partial charge in [0.25, 0.3) is 0 Å². The molecule has 3 heteroatoms. The third-order valence-corrected chi connectivity index (χ3v) is 5.79. The van der Waals surface area contributed by atoms with Gasteiger partial charge >= 0.3 is 0 Å². The molecular weight excluding hydrogens is 240 g/mol. The maximum Gasteiger partial charge on any atom is 0.113 e. The first-order valence-electron chi connectivity index (χ1n) is 7.04. The van der Waals surface area contributed by atoms with E-state index in [1.807, 2.05) is 11.3 Å². The SMILES string of the molecule is CCc1nc(C2(N)CCC(C)(C)CC2C)sc1C. The van der Waals surface area contributed by atoms with Crippen molar-refractivity contribution in [2.24, 2.45) is 17.1 Å². The largest absolute Gasteiger partial charge is 0.319 e. The summed E-state index contributed by atoms with van der Waals surface area (Å²) in [5.74, 6) is 0.511. The Hall–Kier alpha value is -0.410. The molecule has 1 heterocycles. The smallest absolute Gasteiger partial charge is 0.113 e. The van der Waals surface area contributed by atoms with Crippen molar-refractivity contribution in [3.63, 3.8) is 0 Å². The van der Waals surface area contributed by atoms with Crippen molar-refractivity contribution in [2.75, 3.05) is 0 Å². The zero-order valence-corrected chi connectivity index (χ0v) is 13.2. The number of rotatable bonds is 2. The second kappa shape index (κ2) is 4.61. The van der Waals surface area contributed by atoms with Gasteiger partial charge < -0.3 is 5.73 Å². The average Bonchev–Trinajstić information content (AvgIpc) is 2.66. The van der Waals surface area contributed by atoms with E-state index in [1.54, 1.807) is 0 Å². The number of hydrogen-bond acceptors (Lipinski definition) is 3. The Bertz CT molecular complexity index is 436. The third-order valence-electron chi connectivity index (χ3n) is 4.58. The molecule has 0 radical (unpaired) electrons. The molecule has 2 unspecified atom stereocenters. The van der Waals surface area contributed by atoms with Crippen LogP contribution in [0, 0.1) is 18.3 Å². The molecule has 1 aromatic heterocycles. The number of aryl methyl sites for hydroxylation is 2. The molecule has 2 N–H and O–H groups in total. The molecule has 0 aromatic carbocycles. The first-order valence-corrected chi connectivity index (χ1v) is 7.86. The van der Waals surface area contributed by atoms with Crippen LogP contribution in [-0.4, -0.2) is 4.98 Å². The van der Waals surface area contributed by atoms with Crippen LogP contribution in [0.5, 0.6) is 0 Å². The zero-order valence-electron chi connectivity index (χ0n) is 12.3. The van der Waals surface area contributed by atoms with Gasteiger partial charge in [0.05, 0.1) is 11.2 Å². The summed E-state index contributed by atoms with van der Waals surface area (Å²) in [6, 6.07) is 0. The molecule has 0 saturated heterocycles. The lowest BCUT2D eigenvalue weighted by Crippen LogP contribution is -2.48. The van der Waals surface area contributed by atoms with Gasteiger partial charge in [-0.15, -0.1) is 11.3 Å². The fraction of sp³-hybridized carbons (Fsp3) is 0.800. The highest BCUT2D eigenvalue weighted by Crippen LogP contribution is 2.48. The van der Waals surface area contributed by atoms with Crippen LogP contribution in [0.2, 0.25) is 0 Å². The van der Waals surface area contributed by atoms with Gasteiger partial charge in [0.15, 0.2) is 0 Å². The number of aromatic nitrogens is 1. The number of thiazole rings is 1. The van der Waals surface area contributed by atoms with Gasteiger partial charge in [-0.25, -0.2) is 4.98 Å². The van der Waals surface area contributed by atoms with Gasteiger partial charge in [0, 0.05) is 4.88 Å². The van der Waals surface area contributed by atoms with Crippen LogP contribution in [0.25, 0.3) is 0 Å². The monoisotopic (exact) mass is 266 g/mol. The minimum atomic E-state index is -0.196. The van der Waals surface area contributed by atoms with E-state index in [9.17, 15) is 0 Å². The quantitative estimate of drug-likeness (QED) is 0.878. The van der Waals surface area contributed by atoms with Crippen molar-refractivity contribution in [2.45, 2.75) is 65.8 Å². The van der Waals surface area contributed by atoms with Crippen LogP contribution < -0.4 is 5.73 Å². The Labute approximate surface area is 115 Å². The van der Waals surface area contributed by atoms with Crippen LogP contribution >= 0.6 is 11.3 Å². The Morgan fingerprint density at radius 2 is 2.06 bits per heavy atom. The average molecular weight is 266 g/mol. The number of hydrogen-bond donors (Lipinski definition) is 1. The second-order valence-corrected chi connectivity index (χ2v) is 7.89. The number of nitrogens with zero attached hydrogens (tertiary/aromatic N) is 1. The van der Waals surface area contributed by atoms with Gasteiger partial charge in [-0.1, -0.05) is 27.7 Å². The standard InChI is InChI=1S/C15H26N2S/c1-6-12-11(3)18-13(17-12)15(16)8-7-14(4,5)9-10(15)2/h10H,6-9,16H2,1-5H3. The molecule has 0 bridgehead atoms. The van der Waals surface area contributed by atoms with E-state index in [0.29, 0.717) is 11.3 Å². The van der Waals surface area contributed by atoms with E-state index in [4.69, 9.17) is 10.7 Å². The summed E-state index contributed by atoms with van der Waals surface area (Å²) in [4.78, 5) is 6.16. The molecule has 2 atom stereocenters. The van der Waals surface area contributed by atoms with Crippen LogP contribution in [0.3, 0.4) is 0 Å². The maximum absolute atomic E-state index is 6.73. The Morgan fingerprint density at radius 3 is 2.56 bits per heavy atom. The summed E-state index contributed by atoms with van der Waals surface area (Å²) < 4.78 is 0. The summed E-state index contributed by atoms with van der Waals surface area (Å²) in [6.07, 6.45) is 4.48. The highest BCUT2D eigenvalue weighted by atomic mass is 32.1. The van der Waals surface area contributed by atoms with Crippen LogP contribution in [0.15, 0.2) is 0 Å². The fourth-order valence-electron chi connectivity index (χ4n) is 3.18. The minimum absolute atomic E-state index is 0.196. The first kappa shape index (κ1) is 14.0. The Kier molecular flexibility index (Phi) is 3.58. The van der Waals surface area contributed by atoms with Crippen molar-refractivity contribution < 1.29 is 0 Å².